The van der Waals surface area contributed by atoms with E-state index in [4.69, 9.17) is 4.52 Å². The number of likely N-dealkylation sites (tertiary alicyclic amines) is 1. The number of benzene rings is 2. The lowest BCUT2D eigenvalue weighted by Gasteiger charge is -2.16. The first-order chi connectivity index (χ1) is 13.1. The monoisotopic (exact) mass is 383 g/mol. The minimum Gasteiger partial charge on any atom is -0.339 e. The van der Waals surface area contributed by atoms with E-state index in [0.717, 1.165) is 10.5 Å². The summed E-state index contributed by atoms with van der Waals surface area (Å²) in [5.74, 6) is 0.451. The third-order valence-electron chi connectivity index (χ3n) is 4.67. The SMILES string of the molecule is CSc1ccc(-c2noc(C3CC(=O)N(Cc4ccccc4F)C3)n2)cc1. The number of nitrogens with zero attached hydrogens (tertiary/aromatic N) is 3. The molecule has 1 fully saturated rings. The number of halogens is 1. The molecule has 2 heterocycles. The highest BCUT2D eigenvalue weighted by atomic mass is 32.2. The van der Waals surface area contributed by atoms with Crippen LogP contribution in [0.3, 0.4) is 0 Å². The molecule has 3 aromatic rings. The van der Waals surface area contributed by atoms with Crippen molar-refractivity contribution >= 4 is 17.7 Å². The lowest BCUT2D eigenvalue weighted by Crippen LogP contribution is -2.24. The van der Waals surface area contributed by atoms with Crippen LogP contribution in [0.25, 0.3) is 11.4 Å². The van der Waals surface area contributed by atoms with Gasteiger partial charge in [0, 0.05) is 35.5 Å². The zero-order valence-electron chi connectivity index (χ0n) is 14.8. The summed E-state index contributed by atoms with van der Waals surface area (Å²) in [4.78, 5) is 19.6. The molecular weight excluding hydrogens is 365 g/mol. The van der Waals surface area contributed by atoms with Crippen molar-refractivity contribution in [3.63, 3.8) is 0 Å². The molecule has 7 heteroatoms. The number of amides is 1. The minimum atomic E-state index is -0.303. The lowest BCUT2D eigenvalue weighted by atomic mass is 10.1. The molecular formula is C20H18FN3O2S. The summed E-state index contributed by atoms with van der Waals surface area (Å²) in [6.45, 7) is 0.694. The van der Waals surface area contributed by atoms with Crippen molar-refractivity contribution in [3.05, 3.63) is 65.8 Å². The van der Waals surface area contributed by atoms with Crippen LogP contribution in [0.4, 0.5) is 4.39 Å². The van der Waals surface area contributed by atoms with Crippen LogP contribution in [0.2, 0.25) is 0 Å². The Balaban J connectivity index is 1.47. The maximum absolute atomic E-state index is 13.9. The first-order valence-electron chi connectivity index (χ1n) is 8.63. The lowest BCUT2D eigenvalue weighted by molar-refractivity contribution is -0.128. The molecule has 1 aromatic heterocycles. The number of thioether (sulfide) groups is 1. The van der Waals surface area contributed by atoms with Gasteiger partial charge in [-0.25, -0.2) is 4.39 Å². The number of aromatic nitrogens is 2. The van der Waals surface area contributed by atoms with Gasteiger partial charge in [-0.15, -0.1) is 11.8 Å². The van der Waals surface area contributed by atoms with Crippen LogP contribution < -0.4 is 0 Å². The van der Waals surface area contributed by atoms with Crippen molar-refractivity contribution in [2.75, 3.05) is 12.8 Å². The number of hydrogen-bond donors (Lipinski definition) is 0. The maximum Gasteiger partial charge on any atom is 0.232 e. The van der Waals surface area contributed by atoms with Crippen LogP contribution in [0.15, 0.2) is 57.9 Å². The van der Waals surface area contributed by atoms with Gasteiger partial charge in [-0.05, 0) is 36.6 Å². The summed E-state index contributed by atoms with van der Waals surface area (Å²) in [7, 11) is 0. The van der Waals surface area contributed by atoms with Gasteiger partial charge in [0.15, 0.2) is 0 Å². The van der Waals surface area contributed by atoms with E-state index in [9.17, 15) is 9.18 Å². The molecule has 0 saturated carbocycles. The Morgan fingerprint density at radius 2 is 2.00 bits per heavy atom. The highest BCUT2D eigenvalue weighted by Gasteiger charge is 2.34. The molecule has 0 aliphatic carbocycles. The topological polar surface area (TPSA) is 59.2 Å². The normalized spacial score (nSPS) is 16.9. The molecule has 1 unspecified atom stereocenters. The average Bonchev–Trinajstić information content (AvgIpc) is 3.31. The predicted molar refractivity (Wildman–Crippen MR) is 101 cm³/mol. The first kappa shape index (κ1) is 17.7. The second-order valence-electron chi connectivity index (χ2n) is 6.45. The predicted octanol–water partition coefficient (Wildman–Crippen LogP) is 4.11. The molecule has 1 atom stereocenters. The molecule has 1 aliphatic rings. The molecule has 27 heavy (non-hydrogen) atoms. The van der Waals surface area contributed by atoms with E-state index >= 15 is 0 Å². The fourth-order valence-electron chi connectivity index (χ4n) is 3.18. The third kappa shape index (κ3) is 3.73. The van der Waals surface area contributed by atoms with Gasteiger partial charge in [0.25, 0.3) is 0 Å². The molecule has 4 rings (SSSR count). The number of rotatable bonds is 5. The average molecular weight is 383 g/mol. The molecule has 138 valence electrons. The molecule has 0 spiro atoms. The molecule has 1 saturated heterocycles. The molecule has 1 aliphatic heterocycles. The maximum atomic E-state index is 13.9. The second kappa shape index (κ2) is 7.52. The van der Waals surface area contributed by atoms with Gasteiger partial charge in [-0.2, -0.15) is 4.98 Å². The number of hydrogen-bond acceptors (Lipinski definition) is 5. The first-order valence-corrected chi connectivity index (χ1v) is 9.85. The molecule has 5 nitrogen and oxygen atoms in total. The Bertz CT molecular complexity index is 958. The van der Waals surface area contributed by atoms with Crippen LogP contribution >= 0.6 is 11.8 Å². The minimum absolute atomic E-state index is 0.0349. The fourth-order valence-corrected chi connectivity index (χ4v) is 3.59. The van der Waals surface area contributed by atoms with Gasteiger partial charge in [0.05, 0.1) is 5.92 Å². The van der Waals surface area contributed by atoms with E-state index in [0.29, 0.717) is 30.2 Å². The summed E-state index contributed by atoms with van der Waals surface area (Å²) in [5, 5.41) is 4.05. The standard InChI is InChI=1S/C20H18FN3O2S/c1-27-16-8-6-13(7-9-16)19-22-20(26-23-19)15-10-18(25)24(12-15)11-14-4-2-3-5-17(14)21/h2-9,15H,10-12H2,1H3. The highest BCUT2D eigenvalue weighted by molar-refractivity contribution is 7.98. The Kier molecular flexibility index (Phi) is 4.94. The van der Waals surface area contributed by atoms with Gasteiger partial charge in [-0.1, -0.05) is 23.4 Å². The molecule has 0 bridgehead atoms. The van der Waals surface area contributed by atoms with Crippen LogP contribution in [-0.4, -0.2) is 33.7 Å². The summed E-state index contributed by atoms with van der Waals surface area (Å²) < 4.78 is 19.3. The van der Waals surface area contributed by atoms with Crippen molar-refractivity contribution in [2.45, 2.75) is 23.8 Å². The second-order valence-corrected chi connectivity index (χ2v) is 7.33. The van der Waals surface area contributed by atoms with Crippen molar-refractivity contribution in [1.82, 2.24) is 15.0 Å². The smallest absolute Gasteiger partial charge is 0.232 e. The van der Waals surface area contributed by atoms with Crippen LogP contribution in [0.5, 0.6) is 0 Å². The quantitative estimate of drug-likeness (QED) is 0.621. The zero-order chi connectivity index (χ0) is 18.8. The Morgan fingerprint density at radius 1 is 1.22 bits per heavy atom. The van der Waals surface area contributed by atoms with E-state index < -0.39 is 0 Å². The van der Waals surface area contributed by atoms with Crippen molar-refractivity contribution in [1.29, 1.82) is 0 Å². The number of carbonyl (C=O) groups excluding carboxylic acids is 1. The highest BCUT2D eigenvalue weighted by Crippen LogP contribution is 2.30. The Morgan fingerprint density at radius 3 is 2.74 bits per heavy atom. The van der Waals surface area contributed by atoms with Crippen LogP contribution in [0, 0.1) is 5.82 Å². The molecule has 0 radical (unpaired) electrons. The number of carbonyl (C=O) groups is 1. The summed E-state index contributed by atoms with van der Waals surface area (Å²) >= 11 is 1.67. The molecule has 2 aromatic carbocycles. The van der Waals surface area contributed by atoms with E-state index in [2.05, 4.69) is 10.1 Å². The van der Waals surface area contributed by atoms with E-state index in [-0.39, 0.29) is 24.2 Å². The fraction of sp³-hybridized carbons (Fsp3) is 0.250. The van der Waals surface area contributed by atoms with Gasteiger partial charge in [-0.3, -0.25) is 4.79 Å². The van der Waals surface area contributed by atoms with E-state index in [1.165, 1.54) is 6.07 Å². The van der Waals surface area contributed by atoms with Gasteiger partial charge >= 0.3 is 0 Å². The largest absolute Gasteiger partial charge is 0.339 e. The molecule has 0 N–H and O–H groups in total. The van der Waals surface area contributed by atoms with Gasteiger partial charge < -0.3 is 9.42 Å². The Labute approximate surface area is 160 Å². The molecule has 1 amide bonds. The van der Waals surface area contributed by atoms with Crippen molar-refractivity contribution in [3.8, 4) is 11.4 Å². The van der Waals surface area contributed by atoms with Crippen molar-refractivity contribution < 1.29 is 13.7 Å². The summed E-state index contributed by atoms with van der Waals surface area (Å²) in [5.41, 5.74) is 1.38. The van der Waals surface area contributed by atoms with Crippen LogP contribution in [-0.2, 0) is 11.3 Å². The summed E-state index contributed by atoms with van der Waals surface area (Å²) in [6, 6.07) is 14.4. The zero-order valence-corrected chi connectivity index (χ0v) is 15.6. The van der Waals surface area contributed by atoms with Crippen LogP contribution in [0.1, 0.15) is 23.8 Å². The van der Waals surface area contributed by atoms with Crippen molar-refractivity contribution in [2.24, 2.45) is 0 Å². The van der Waals surface area contributed by atoms with Gasteiger partial charge in [0.1, 0.15) is 5.82 Å². The Hall–Kier alpha value is -2.67. The third-order valence-corrected chi connectivity index (χ3v) is 5.42. The van der Waals surface area contributed by atoms with E-state index in [1.807, 2.05) is 30.5 Å². The van der Waals surface area contributed by atoms with Gasteiger partial charge in [0.2, 0.25) is 17.6 Å². The summed E-state index contributed by atoms with van der Waals surface area (Å²) in [6.07, 6.45) is 2.31. The van der Waals surface area contributed by atoms with E-state index in [1.54, 1.807) is 34.9 Å².